The number of rotatable bonds is 7. The third-order valence-corrected chi connectivity index (χ3v) is 3.47. The van der Waals surface area contributed by atoms with Crippen LogP contribution in [-0.4, -0.2) is 50.7 Å². The molecule has 0 spiro atoms. The first kappa shape index (κ1) is 16.9. The molecule has 1 aliphatic heterocycles. The zero-order valence-corrected chi connectivity index (χ0v) is 12.9. The van der Waals surface area contributed by atoms with E-state index in [0.717, 1.165) is 6.54 Å². The zero-order valence-electron chi connectivity index (χ0n) is 12.9. The monoisotopic (exact) mass is 285 g/mol. The molecule has 0 radical (unpaired) electrons. The van der Waals surface area contributed by atoms with E-state index in [4.69, 9.17) is 4.74 Å². The van der Waals surface area contributed by atoms with Crippen LogP contribution in [0.2, 0.25) is 0 Å². The van der Waals surface area contributed by atoms with Crippen LogP contribution in [-0.2, 0) is 14.3 Å². The summed E-state index contributed by atoms with van der Waals surface area (Å²) in [5, 5.41) is 8.71. The van der Waals surface area contributed by atoms with Crippen LogP contribution in [0.25, 0.3) is 0 Å². The van der Waals surface area contributed by atoms with Gasteiger partial charge in [-0.25, -0.2) is 0 Å². The first-order valence-electron chi connectivity index (χ1n) is 7.32. The predicted molar refractivity (Wildman–Crippen MR) is 77.2 cm³/mol. The molecule has 6 nitrogen and oxygen atoms in total. The van der Waals surface area contributed by atoms with Crippen LogP contribution in [0, 0.1) is 11.8 Å². The standard InChI is InChI=1S/C14H27N3O3/c1-5-16-12-8-20-7-10(12)13(18)17-11(6-9(2)3)14(19)15-4/h9-12,16H,5-8H2,1-4H3,(H,15,19)(H,17,18). The number of ether oxygens (including phenoxy) is 1. The van der Waals surface area contributed by atoms with Crippen molar-refractivity contribution in [3.8, 4) is 0 Å². The SMILES string of the molecule is CCNC1COCC1C(=O)NC(CC(C)C)C(=O)NC. The molecule has 3 N–H and O–H groups in total. The minimum atomic E-state index is -0.477. The molecule has 1 heterocycles. The smallest absolute Gasteiger partial charge is 0.242 e. The van der Waals surface area contributed by atoms with Crippen molar-refractivity contribution in [2.75, 3.05) is 26.8 Å². The molecule has 1 fully saturated rings. The number of likely N-dealkylation sites (N-methyl/N-ethyl adjacent to an activating group) is 2. The summed E-state index contributed by atoms with van der Waals surface area (Å²) in [6, 6.07) is -0.445. The van der Waals surface area contributed by atoms with E-state index in [1.54, 1.807) is 7.05 Å². The number of nitrogens with one attached hydrogen (secondary N) is 3. The molecule has 0 aromatic rings. The van der Waals surface area contributed by atoms with E-state index in [-0.39, 0.29) is 23.8 Å². The first-order valence-corrected chi connectivity index (χ1v) is 7.32. The van der Waals surface area contributed by atoms with Gasteiger partial charge in [-0.1, -0.05) is 20.8 Å². The van der Waals surface area contributed by atoms with Crippen molar-refractivity contribution >= 4 is 11.8 Å². The highest BCUT2D eigenvalue weighted by molar-refractivity contribution is 5.88. The van der Waals surface area contributed by atoms with Crippen molar-refractivity contribution in [3.05, 3.63) is 0 Å². The lowest BCUT2D eigenvalue weighted by atomic mass is 9.99. The molecule has 1 rings (SSSR count). The maximum absolute atomic E-state index is 12.3. The molecule has 3 atom stereocenters. The van der Waals surface area contributed by atoms with Crippen LogP contribution in [0.5, 0.6) is 0 Å². The Kier molecular flexibility index (Phi) is 6.95. The van der Waals surface area contributed by atoms with Gasteiger partial charge in [0.15, 0.2) is 0 Å². The molecular weight excluding hydrogens is 258 g/mol. The average molecular weight is 285 g/mol. The number of carbonyl (C=O) groups excluding carboxylic acids is 2. The molecule has 1 aliphatic rings. The van der Waals surface area contributed by atoms with Gasteiger partial charge >= 0.3 is 0 Å². The van der Waals surface area contributed by atoms with Gasteiger partial charge in [-0.15, -0.1) is 0 Å². The summed E-state index contributed by atoms with van der Waals surface area (Å²) in [5.41, 5.74) is 0. The lowest BCUT2D eigenvalue weighted by Crippen LogP contribution is -2.51. The van der Waals surface area contributed by atoms with Crippen molar-refractivity contribution in [2.24, 2.45) is 11.8 Å². The maximum atomic E-state index is 12.3. The number of carbonyl (C=O) groups is 2. The third-order valence-electron chi connectivity index (χ3n) is 3.47. The van der Waals surface area contributed by atoms with Crippen molar-refractivity contribution in [1.82, 2.24) is 16.0 Å². The highest BCUT2D eigenvalue weighted by Crippen LogP contribution is 2.15. The minimum absolute atomic E-state index is 0.0318. The number of hydrogen-bond acceptors (Lipinski definition) is 4. The van der Waals surface area contributed by atoms with Crippen molar-refractivity contribution in [3.63, 3.8) is 0 Å². The highest BCUT2D eigenvalue weighted by Gasteiger charge is 2.35. The molecule has 0 aromatic heterocycles. The Labute approximate surface area is 121 Å². The Morgan fingerprint density at radius 1 is 1.30 bits per heavy atom. The fourth-order valence-electron chi connectivity index (χ4n) is 2.43. The van der Waals surface area contributed by atoms with Gasteiger partial charge in [0.05, 0.1) is 19.1 Å². The summed E-state index contributed by atoms with van der Waals surface area (Å²) in [6.45, 7) is 7.80. The van der Waals surface area contributed by atoms with Crippen LogP contribution in [0.15, 0.2) is 0 Å². The van der Waals surface area contributed by atoms with E-state index in [9.17, 15) is 9.59 Å². The summed E-state index contributed by atoms with van der Waals surface area (Å²) < 4.78 is 5.37. The molecule has 1 saturated heterocycles. The Hall–Kier alpha value is -1.14. The van der Waals surface area contributed by atoms with Crippen LogP contribution in [0.1, 0.15) is 27.2 Å². The lowest BCUT2D eigenvalue weighted by molar-refractivity contribution is -0.131. The Balaban J connectivity index is 2.62. The van der Waals surface area contributed by atoms with Gasteiger partial charge in [0.2, 0.25) is 11.8 Å². The normalized spacial score (nSPS) is 23.6. The van der Waals surface area contributed by atoms with E-state index in [2.05, 4.69) is 16.0 Å². The van der Waals surface area contributed by atoms with Crippen molar-refractivity contribution in [2.45, 2.75) is 39.3 Å². The second-order valence-corrected chi connectivity index (χ2v) is 5.61. The Morgan fingerprint density at radius 2 is 2.00 bits per heavy atom. The van der Waals surface area contributed by atoms with E-state index >= 15 is 0 Å². The summed E-state index contributed by atoms with van der Waals surface area (Å²) in [7, 11) is 1.59. The van der Waals surface area contributed by atoms with E-state index < -0.39 is 6.04 Å². The summed E-state index contributed by atoms with van der Waals surface area (Å²) in [6.07, 6.45) is 0.630. The van der Waals surface area contributed by atoms with Gasteiger partial charge in [-0.2, -0.15) is 0 Å². The van der Waals surface area contributed by atoms with E-state index in [1.165, 1.54) is 0 Å². The first-order chi connectivity index (χ1) is 9.49. The molecule has 116 valence electrons. The van der Waals surface area contributed by atoms with Gasteiger partial charge in [-0.05, 0) is 18.9 Å². The third kappa shape index (κ3) is 4.76. The highest BCUT2D eigenvalue weighted by atomic mass is 16.5. The molecule has 2 amide bonds. The van der Waals surface area contributed by atoms with Crippen LogP contribution in [0.3, 0.4) is 0 Å². The van der Waals surface area contributed by atoms with Gasteiger partial charge in [-0.3, -0.25) is 9.59 Å². The Bertz CT molecular complexity index is 334. The summed E-state index contributed by atoms with van der Waals surface area (Å²) in [5.74, 6) is -0.148. The zero-order chi connectivity index (χ0) is 15.1. The number of hydrogen-bond donors (Lipinski definition) is 3. The fraction of sp³-hybridized carbons (Fsp3) is 0.857. The topological polar surface area (TPSA) is 79.5 Å². The fourth-order valence-corrected chi connectivity index (χ4v) is 2.43. The second kappa shape index (κ2) is 8.21. The van der Waals surface area contributed by atoms with E-state index in [1.807, 2.05) is 20.8 Å². The second-order valence-electron chi connectivity index (χ2n) is 5.61. The van der Waals surface area contributed by atoms with Crippen molar-refractivity contribution in [1.29, 1.82) is 0 Å². The molecule has 0 aromatic carbocycles. The maximum Gasteiger partial charge on any atom is 0.242 e. The number of amides is 2. The van der Waals surface area contributed by atoms with Crippen LogP contribution >= 0.6 is 0 Å². The van der Waals surface area contributed by atoms with Gasteiger partial charge in [0.1, 0.15) is 6.04 Å². The van der Waals surface area contributed by atoms with Gasteiger partial charge in [0.25, 0.3) is 0 Å². The molecule has 0 bridgehead atoms. The quantitative estimate of drug-likeness (QED) is 0.610. The molecule has 0 aliphatic carbocycles. The lowest BCUT2D eigenvalue weighted by Gasteiger charge is -2.23. The van der Waals surface area contributed by atoms with Crippen LogP contribution in [0.4, 0.5) is 0 Å². The van der Waals surface area contributed by atoms with Crippen LogP contribution < -0.4 is 16.0 Å². The van der Waals surface area contributed by atoms with Gasteiger partial charge in [0, 0.05) is 13.1 Å². The minimum Gasteiger partial charge on any atom is -0.379 e. The van der Waals surface area contributed by atoms with Gasteiger partial charge < -0.3 is 20.7 Å². The molecule has 20 heavy (non-hydrogen) atoms. The Morgan fingerprint density at radius 3 is 2.55 bits per heavy atom. The summed E-state index contributed by atoms with van der Waals surface area (Å²) >= 11 is 0. The molecule has 6 heteroatoms. The van der Waals surface area contributed by atoms with E-state index in [0.29, 0.717) is 25.6 Å². The molecule has 0 saturated carbocycles. The largest absolute Gasteiger partial charge is 0.379 e. The molecule has 3 unspecified atom stereocenters. The average Bonchev–Trinajstić information content (AvgIpc) is 2.85. The summed E-state index contributed by atoms with van der Waals surface area (Å²) in [4.78, 5) is 24.2. The molecular formula is C14H27N3O3. The predicted octanol–water partition coefficient (Wildman–Crippen LogP) is -0.112. The van der Waals surface area contributed by atoms with Crippen molar-refractivity contribution < 1.29 is 14.3 Å².